The fourth-order valence-corrected chi connectivity index (χ4v) is 4.24. The van der Waals surface area contributed by atoms with Crippen LogP contribution < -0.4 is 5.32 Å². The summed E-state index contributed by atoms with van der Waals surface area (Å²) in [7, 11) is 1.50. The molecule has 2 unspecified atom stereocenters. The molecule has 2 aliphatic rings. The molecule has 1 N–H and O–H groups in total. The SMILES string of the molecule is COC(=O)C1(NC2CCCC2)CCSC1C. The third-order valence-electron chi connectivity index (χ3n) is 3.92. The Labute approximate surface area is 102 Å². The molecule has 4 heteroatoms. The van der Waals surface area contributed by atoms with E-state index in [1.165, 1.54) is 32.8 Å². The van der Waals surface area contributed by atoms with Gasteiger partial charge in [-0.3, -0.25) is 10.1 Å². The van der Waals surface area contributed by atoms with Gasteiger partial charge in [0.05, 0.1) is 7.11 Å². The van der Waals surface area contributed by atoms with Crippen molar-refractivity contribution < 1.29 is 9.53 Å². The van der Waals surface area contributed by atoms with E-state index in [-0.39, 0.29) is 5.97 Å². The minimum absolute atomic E-state index is 0.0723. The second-order valence-electron chi connectivity index (χ2n) is 4.85. The van der Waals surface area contributed by atoms with Crippen molar-refractivity contribution in [2.24, 2.45) is 0 Å². The van der Waals surface area contributed by atoms with Crippen molar-refractivity contribution >= 4 is 17.7 Å². The quantitative estimate of drug-likeness (QED) is 0.769. The van der Waals surface area contributed by atoms with Crippen LogP contribution in [0.3, 0.4) is 0 Å². The van der Waals surface area contributed by atoms with Crippen LogP contribution in [0.4, 0.5) is 0 Å². The fraction of sp³-hybridized carbons (Fsp3) is 0.917. The summed E-state index contributed by atoms with van der Waals surface area (Å²) in [5.41, 5.74) is -0.422. The molecule has 0 radical (unpaired) electrons. The van der Waals surface area contributed by atoms with Crippen molar-refractivity contribution in [3.63, 3.8) is 0 Å². The maximum atomic E-state index is 12.0. The Hall–Kier alpha value is -0.220. The number of thioether (sulfide) groups is 1. The largest absolute Gasteiger partial charge is 0.468 e. The Morgan fingerprint density at radius 1 is 1.44 bits per heavy atom. The van der Waals surface area contributed by atoms with Crippen molar-refractivity contribution in [2.45, 2.75) is 55.9 Å². The van der Waals surface area contributed by atoms with Gasteiger partial charge in [-0.15, -0.1) is 0 Å². The molecule has 92 valence electrons. The molecular formula is C12H21NO2S. The number of esters is 1. The zero-order valence-corrected chi connectivity index (χ0v) is 10.9. The van der Waals surface area contributed by atoms with Crippen molar-refractivity contribution in [3.8, 4) is 0 Å². The van der Waals surface area contributed by atoms with Gasteiger partial charge in [0.15, 0.2) is 0 Å². The molecule has 2 atom stereocenters. The van der Waals surface area contributed by atoms with E-state index < -0.39 is 5.54 Å². The highest BCUT2D eigenvalue weighted by Gasteiger charge is 2.49. The van der Waals surface area contributed by atoms with Gasteiger partial charge in [0.1, 0.15) is 5.54 Å². The molecule has 1 heterocycles. The lowest BCUT2D eigenvalue weighted by Gasteiger charge is -2.34. The number of methoxy groups -OCH3 is 1. The van der Waals surface area contributed by atoms with Gasteiger partial charge in [0, 0.05) is 11.3 Å². The fourth-order valence-electron chi connectivity index (χ4n) is 2.88. The van der Waals surface area contributed by atoms with Gasteiger partial charge >= 0.3 is 5.97 Å². The summed E-state index contributed by atoms with van der Waals surface area (Å²) in [4.78, 5) is 12.0. The average Bonchev–Trinajstić information content (AvgIpc) is 2.90. The second-order valence-corrected chi connectivity index (χ2v) is 6.30. The highest BCUT2D eigenvalue weighted by Crippen LogP contribution is 2.38. The van der Waals surface area contributed by atoms with E-state index >= 15 is 0 Å². The number of nitrogens with one attached hydrogen (secondary N) is 1. The summed E-state index contributed by atoms with van der Waals surface area (Å²) in [6.07, 6.45) is 5.89. The average molecular weight is 243 g/mol. The highest BCUT2D eigenvalue weighted by atomic mass is 32.2. The molecule has 1 saturated heterocycles. The van der Waals surface area contributed by atoms with Gasteiger partial charge in [-0.1, -0.05) is 19.8 Å². The molecule has 3 nitrogen and oxygen atoms in total. The zero-order chi connectivity index (χ0) is 11.6. The monoisotopic (exact) mass is 243 g/mol. The summed E-state index contributed by atoms with van der Waals surface area (Å²) in [5, 5.41) is 3.92. The molecule has 0 amide bonds. The summed E-state index contributed by atoms with van der Waals surface area (Å²) < 4.78 is 5.00. The topological polar surface area (TPSA) is 38.3 Å². The summed E-state index contributed by atoms with van der Waals surface area (Å²) in [5.74, 6) is 0.979. The van der Waals surface area contributed by atoms with Crippen molar-refractivity contribution in [2.75, 3.05) is 12.9 Å². The van der Waals surface area contributed by atoms with Crippen LogP contribution in [-0.4, -0.2) is 35.7 Å². The number of carbonyl (C=O) groups excluding carboxylic acids is 1. The molecule has 1 aliphatic carbocycles. The van der Waals surface area contributed by atoms with Crippen LogP contribution >= 0.6 is 11.8 Å². The standard InChI is InChI=1S/C12H21NO2S/c1-9-12(7-8-16-9,11(14)15-2)13-10-5-3-4-6-10/h9-10,13H,3-8H2,1-2H3. The van der Waals surface area contributed by atoms with Crippen LogP contribution in [0.25, 0.3) is 0 Å². The minimum atomic E-state index is -0.422. The molecule has 0 aromatic heterocycles. The first-order valence-electron chi connectivity index (χ1n) is 6.17. The van der Waals surface area contributed by atoms with Gasteiger partial charge < -0.3 is 4.74 Å². The van der Waals surface area contributed by atoms with Crippen molar-refractivity contribution in [1.29, 1.82) is 0 Å². The Bertz CT molecular complexity index is 266. The van der Waals surface area contributed by atoms with Crippen molar-refractivity contribution in [3.05, 3.63) is 0 Å². The van der Waals surface area contributed by atoms with Crippen LogP contribution in [0.2, 0.25) is 0 Å². The minimum Gasteiger partial charge on any atom is -0.468 e. The maximum absolute atomic E-state index is 12.0. The summed E-state index contributed by atoms with van der Waals surface area (Å²) in [6.45, 7) is 2.14. The smallest absolute Gasteiger partial charge is 0.327 e. The molecule has 0 bridgehead atoms. The molecule has 1 saturated carbocycles. The van der Waals surface area contributed by atoms with Crippen LogP contribution in [0, 0.1) is 0 Å². The Morgan fingerprint density at radius 2 is 2.12 bits per heavy atom. The molecule has 16 heavy (non-hydrogen) atoms. The lowest BCUT2D eigenvalue weighted by Crippen LogP contribution is -2.59. The maximum Gasteiger partial charge on any atom is 0.327 e. The van der Waals surface area contributed by atoms with Crippen LogP contribution in [0.1, 0.15) is 39.0 Å². The Balaban J connectivity index is 2.10. The molecular weight excluding hydrogens is 222 g/mol. The normalized spacial score (nSPS) is 35.5. The first kappa shape index (κ1) is 12.2. The van der Waals surface area contributed by atoms with Gasteiger partial charge in [0.25, 0.3) is 0 Å². The van der Waals surface area contributed by atoms with Gasteiger partial charge in [-0.05, 0) is 25.0 Å². The number of hydrogen-bond acceptors (Lipinski definition) is 4. The third-order valence-corrected chi connectivity index (χ3v) is 5.27. The summed E-state index contributed by atoms with van der Waals surface area (Å²) >= 11 is 1.87. The molecule has 0 aromatic rings. The van der Waals surface area contributed by atoms with Crippen LogP contribution in [-0.2, 0) is 9.53 Å². The lowest BCUT2D eigenvalue weighted by molar-refractivity contribution is -0.148. The third kappa shape index (κ3) is 2.09. The molecule has 0 aromatic carbocycles. The molecule has 1 aliphatic heterocycles. The Morgan fingerprint density at radius 3 is 2.62 bits per heavy atom. The number of rotatable bonds is 3. The summed E-state index contributed by atoms with van der Waals surface area (Å²) in [6, 6.07) is 0.514. The lowest BCUT2D eigenvalue weighted by atomic mass is 9.91. The zero-order valence-electron chi connectivity index (χ0n) is 10.1. The van der Waals surface area contributed by atoms with Crippen LogP contribution in [0.5, 0.6) is 0 Å². The van der Waals surface area contributed by atoms with Gasteiger partial charge in [-0.25, -0.2) is 0 Å². The van der Waals surface area contributed by atoms with E-state index in [4.69, 9.17) is 4.74 Å². The van der Waals surface area contributed by atoms with E-state index in [2.05, 4.69) is 12.2 Å². The van der Waals surface area contributed by atoms with Crippen molar-refractivity contribution in [1.82, 2.24) is 5.32 Å². The Kier molecular flexibility index (Phi) is 3.80. The number of carbonyl (C=O) groups is 1. The number of hydrogen-bond donors (Lipinski definition) is 1. The molecule has 2 rings (SSSR count). The molecule has 2 fully saturated rings. The van der Waals surface area contributed by atoms with E-state index in [0.717, 1.165) is 12.2 Å². The molecule has 0 spiro atoms. The van der Waals surface area contributed by atoms with Gasteiger partial charge in [0.2, 0.25) is 0 Å². The predicted molar refractivity (Wildman–Crippen MR) is 66.7 cm³/mol. The van der Waals surface area contributed by atoms with E-state index in [1.54, 1.807) is 0 Å². The van der Waals surface area contributed by atoms with E-state index in [9.17, 15) is 4.79 Å². The van der Waals surface area contributed by atoms with E-state index in [0.29, 0.717) is 11.3 Å². The van der Waals surface area contributed by atoms with Crippen LogP contribution in [0.15, 0.2) is 0 Å². The second kappa shape index (κ2) is 4.96. The first-order chi connectivity index (χ1) is 7.69. The highest BCUT2D eigenvalue weighted by molar-refractivity contribution is 8.00. The predicted octanol–water partition coefficient (Wildman–Crippen LogP) is 1.96. The van der Waals surface area contributed by atoms with Gasteiger partial charge in [-0.2, -0.15) is 11.8 Å². The van der Waals surface area contributed by atoms with E-state index in [1.807, 2.05) is 11.8 Å². The first-order valence-corrected chi connectivity index (χ1v) is 7.21. The number of ether oxygens (including phenoxy) is 1.